The van der Waals surface area contributed by atoms with Crippen molar-refractivity contribution in [3.8, 4) is 5.75 Å². The number of hydrogen-bond acceptors (Lipinski definition) is 3. The Morgan fingerprint density at radius 2 is 1.85 bits per heavy atom. The Kier molecular flexibility index (Phi) is 2.96. The predicted molar refractivity (Wildman–Crippen MR) is 52.0 cm³/mol. The first kappa shape index (κ1) is 10.1. The van der Waals surface area contributed by atoms with Crippen LogP contribution in [0.1, 0.15) is 25.3 Å². The molecule has 3 N–H and O–H groups in total. The fourth-order valence-corrected chi connectivity index (χ4v) is 1.20. The van der Waals surface area contributed by atoms with Gasteiger partial charge in [0.2, 0.25) is 0 Å². The van der Waals surface area contributed by atoms with E-state index in [0.717, 1.165) is 5.56 Å². The summed E-state index contributed by atoms with van der Waals surface area (Å²) in [5.41, 5.74) is 1.13. The molecule has 0 bridgehead atoms. The molecule has 0 saturated carbocycles. The van der Waals surface area contributed by atoms with Crippen LogP contribution in [0.25, 0.3) is 0 Å². The Balaban J connectivity index is 3.11. The van der Waals surface area contributed by atoms with Crippen molar-refractivity contribution in [3.05, 3.63) is 23.8 Å². The third kappa shape index (κ3) is 2.23. The molecule has 0 saturated heterocycles. The lowest BCUT2D eigenvalue weighted by Crippen LogP contribution is -2.29. The molecule has 0 aliphatic carbocycles. The van der Waals surface area contributed by atoms with E-state index in [1.807, 2.05) is 13.8 Å². The molecule has 1 aromatic rings. The molecule has 0 radical (unpaired) electrons. The monoisotopic (exact) mass is 180 g/mol. The zero-order valence-corrected chi connectivity index (χ0v) is 7.73. The Hall–Kier alpha value is -0.995. The van der Waals surface area contributed by atoms with Crippen LogP contribution in [-0.4, -0.2) is 22.3 Å². The maximum atomic E-state index is 9.42. The minimum absolute atomic E-state index is 0.165. The fourth-order valence-electron chi connectivity index (χ4n) is 1.20. The standard InChI is InChI=1S/C9H13BO3/c1-6(2)8-5-7(10(12)13)3-4-9(8)11/h3-6,11-13H,1-2H3. The third-order valence-corrected chi connectivity index (χ3v) is 1.97. The molecule has 0 aliphatic rings. The van der Waals surface area contributed by atoms with Gasteiger partial charge in [-0.15, -0.1) is 0 Å². The van der Waals surface area contributed by atoms with Crippen molar-refractivity contribution in [1.29, 1.82) is 0 Å². The molecule has 0 fully saturated rings. The number of benzene rings is 1. The first-order chi connectivity index (χ1) is 6.02. The van der Waals surface area contributed by atoms with E-state index in [4.69, 9.17) is 10.0 Å². The van der Waals surface area contributed by atoms with Crippen LogP contribution < -0.4 is 5.46 Å². The molecule has 0 aliphatic heterocycles. The van der Waals surface area contributed by atoms with Crippen LogP contribution in [0.2, 0.25) is 0 Å². The van der Waals surface area contributed by atoms with Crippen molar-refractivity contribution in [2.75, 3.05) is 0 Å². The highest BCUT2D eigenvalue weighted by atomic mass is 16.4. The van der Waals surface area contributed by atoms with Gasteiger partial charge in [0, 0.05) is 0 Å². The van der Waals surface area contributed by atoms with Crippen LogP contribution >= 0.6 is 0 Å². The summed E-state index contributed by atoms with van der Waals surface area (Å²) >= 11 is 0. The van der Waals surface area contributed by atoms with Crippen molar-refractivity contribution in [3.63, 3.8) is 0 Å². The van der Waals surface area contributed by atoms with Crippen LogP contribution in [-0.2, 0) is 0 Å². The van der Waals surface area contributed by atoms with E-state index in [2.05, 4.69) is 0 Å². The van der Waals surface area contributed by atoms with Crippen molar-refractivity contribution < 1.29 is 15.2 Å². The SMILES string of the molecule is CC(C)c1cc(B(O)O)ccc1O. The van der Waals surface area contributed by atoms with Crippen LogP contribution in [0.5, 0.6) is 5.75 Å². The zero-order valence-electron chi connectivity index (χ0n) is 7.73. The molecular weight excluding hydrogens is 167 g/mol. The summed E-state index contributed by atoms with van der Waals surface area (Å²) in [6.07, 6.45) is 0. The fraction of sp³-hybridized carbons (Fsp3) is 0.333. The summed E-state index contributed by atoms with van der Waals surface area (Å²) in [5, 5.41) is 27.2. The van der Waals surface area contributed by atoms with Gasteiger partial charge in [0.15, 0.2) is 0 Å². The summed E-state index contributed by atoms with van der Waals surface area (Å²) < 4.78 is 0. The normalized spacial score (nSPS) is 10.5. The van der Waals surface area contributed by atoms with Crippen molar-refractivity contribution in [2.24, 2.45) is 0 Å². The molecule has 4 heteroatoms. The maximum absolute atomic E-state index is 9.42. The van der Waals surface area contributed by atoms with E-state index in [-0.39, 0.29) is 11.7 Å². The second-order valence-corrected chi connectivity index (χ2v) is 3.35. The van der Waals surface area contributed by atoms with E-state index < -0.39 is 7.12 Å². The first-order valence-corrected chi connectivity index (χ1v) is 4.21. The molecule has 0 amide bonds. The van der Waals surface area contributed by atoms with E-state index in [1.165, 1.54) is 12.1 Å². The van der Waals surface area contributed by atoms with Crippen LogP contribution in [0.4, 0.5) is 0 Å². The van der Waals surface area contributed by atoms with E-state index in [1.54, 1.807) is 6.07 Å². The van der Waals surface area contributed by atoms with Crippen molar-refractivity contribution in [1.82, 2.24) is 0 Å². The second kappa shape index (κ2) is 3.81. The lowest BCUT2D eigenvalue weighted by atomic mass is 9.78. The Labute approximate surface area is 77.8 Å². The summed E-state index contributed by atoms with van der Waals surface area (Å²) in [7, 11) is -1.47. The van der Waals surface area contributed by atoms with Gasteiger partial charge in [-0.1, -0.05) is 26.0 Å². The Bertz CT molecular complexity index is 297. The smallest absolute Gasteiger partial charge is 0.488 e. The number of phenols is 1. The largest absolute Gasteiger partial charge is 0.508 e. The molecule has 0 spiro atoms. The molecule has 0 aromatic heterocycles. The highest BCUT2D eigenvalue weighted by Crippen LogP contribution is 2.23. The Morgan fingerprint density at radius 1 is 1.23 bits per heavy atom. The number of rotatable bonds is 2. The van der Waals surface area contributed by atoms with Gasteiger partial charge in [-0.05, 0) is 23.0 Å². The maximum Gasteiger partial charge on any atom is 0.488 e. The average molecular weight is 180 g/mol. The third-order valence-electron chi connectivity index (χ3n) is 1.97. The molecule has 0 unspecified atom stereocenters. The molecule has 0 atom stereocenters. The minimum atomic E-state index is -1.47. The predicted octanol–water partition coefficient (Wildman–Crippen LogP) is 0.195. The molecule has 13 heavy (non-hydrogen) atoms. The average Bonchev–Trinajstić information content (AvgIpc) is 2.04. The van der Waals surface area contributed by atoms with Gasteiger partial charge < -0.3 is 15.2 Å². The number of hydrogen-bond donors (Lipinski definition) is 3. The highest BCUT2D eigenvalue weighted by Gasteiger charge is 2.14. The van der Waals surface area contributed by atoms with Gasteiger partial charge in [0.05, 0.1) is 0 Å². The van der Waals surface area contributed by atoms with Crippen molar-refractivity contribution >= 4 is 12.6 Å². The second-order valence-electron chi connectivity index (χ2n) is 3.35. The van der Waals surface area contributed by atoms with Crippen LogP contribution in [0.3, 0.4) is 0 Å². The highest BCUT2D eigenvalue weighted by molar-refractivity contribution is 6.58. The van der Waals surface area contributed by atoms with Gasteiger partial charge in [-0.2, -0.15) is 0 Å². The lowest BCUT2D eigenvalue weighted by Gasteiger charge is -2.09. The summed E-state index contributed by atoms with van der Waals surface area (Å²) in [4.78, 5) is 0. The van der Waals surface area contributed by atoms with Gasteiger partial charge >= 0.3 is 7.12 Å². The summed E-state index contributed by atoms with van der Waals surface area (Å²) in [6, 6.07) is 4.57. The van der Waals surface area contributed by atoms with Crippen LogP contribution in [0.15, 0.2) is 18.2 Å². The summed E-state index contributed by atoms with van der Waals surface area (Å²) in [5.74, 6) is 0.359. The van der Waals surface area contributed by atoms with Crippen LogP contribution in [0, 0.1) is 0 Å². The number of phenolic OH excluding ortho intramolecular Hbond substituents is 1. The molecule has 0 heterocycles. The Morgan fingerprint density at radius 3 is 2.31 bits per heavy atom. The topological polar surface area (TPSA) is 60.7 Å². The van der Waals surface area contributed by atoms with Gasteiger partial charge in [0.1, 0.15) is 5.75 Å². The van der Waals surface area contributed by atoms with Gasteiger partial charge in [-0.3, -0.25) is 0 Å². The molecular formula is C9H13BO3. The lowest BCUT2D eigenvalue weighted by molar-refractivity contribution is 0.425. The van der Waals surface area contributed by atoms with Crippen molar-refractivity contribution in [2.45, 2.75) is 19.8 Å². The van der Waals surface area contributed by atoms with E-state index in [9.17, 15) is 5.11 Å². The van der Waals surface area contributed by atoms with E-state index in [0.29, 0.717) is 5.46 Å². The van der Waals surface area contributed by atoms with Gasteiger partial charge in [-0.25, -0.2) is 0 Å². The molecule has 1 rings (SSSR count). The first-order valence-electron chi connectivity index (χ1n) is 4.21. The molecule has 1 aromatic carbocycles. The summed E-state index contributed by atoms with van der Waals surface area (Å²) in [6.45, 7) is 3.87. The van der Waals surface area contributed by atoms with Gasteiger partial charge in [0.25, 0.3) is 0 Å². The van der Waals surface area contributed by atoms with E-state index >= 15 is 0 Å². The quantitative estimate of drug-likeness (QED) is 0.569. The molecule has 3 nitrogen and oxygen atoms in total. The number of aromatic hydroxyl groups is 1. The zero-order chi connectivity index (χ0) is 10.0. The minimum Gasteiger partial charge on any atom is -0.508 e. The molecule has 70 valence electrons.